The first-order valence-corrected chi connectivity index (χ1v) is 11.8. The molecule has 0 aromatic heterocycles. The van der Waals surface area contributed by atoms with Crippen LogP contribution in [0.1, 0.15) is 87.5 Å². The molecule has 0 heterocycles. The molecule has 4 atom stereocenters. The van der Waals surface area contributed by atoms with Crippen LogP contribution in [-0.4, -0.2) is 0 Å². The lowest BCUT2D eigenvalue weighted by Crippen LogP contribution is -2.14. The van der Waals surface area contributed by atoms with Gasteiger partial charge in [0, 0.05) is 11.8 Å². The van der Waals surface area contributed by atoms with Gasteiger partial charge in [-0.15, -0.1) is 0 Å². The molecule has 0 saturated heterocycles. The molecule has 30 heavy (non-hydrogen) atoms. The van der Waals surface area contributed by atoms with Crippen LogP contribution in [-0.2, 0) is 0 Å². The van der Waals surface area contributed by atoms with Crippen molar-refractivity contribution in [3.05, 3.63) is 107 Å². The molecule has 0 heteroatoms. The van der Waals surface area contributed by atoms with Crippen molar-refractivity contribution in [3.8, 4) is 0 Å². The molecule has 0 N–H and O–H groups in total. The Kier molecular flexibility index (Phi) is 8.31. The van der Waals surface area contributed by atoms with E-state index >= 15 is 0 Å². The van der Waals surface area contributed by atoms with Gasteiger partial charge in [-0.1, -0.05) is 125 Å². The molecular formula is C30H38. The SMILES string of the molecule is CCC(C)CC(c1ccccc1)c1ccccc1C(CC(C)CC)c1ccccc1. The molecule has 0 aliphatic carbocycles. The Labute approximate surface area is 184 Å². The van der Waals surface area contributed by atoms with Gasteiger partial charge >= 0.3 is 0 Å². The maximum Gasteiger partial charge on any atom is 0.00948 e. The summed E-state index contributed by atoms with van der Waals surface area (Å²) in [7, 11) is 0. The highest BCUT2D eigenvalue weighted by molar-refractivity contribution is 5.44. The van der Waals surface area contributed by atoms with Crippen LogP contribution in [0.2, 0.25) is 0 Å². The zero-order valence-corrected chi connectivity index (χ0v) is 19.2. The standard InChI is InChI=1S/C30H38/c1-5-23(3)21-29(25-15-9-7-10-16-25)27-19-13-14-20-28(27)30(22-24(4)6-2)26-17-11-8-12-18-26/h7-20,23-24,29-30H,5-6,21-22H2,1-4H3. The first-order chi connectivity index (χ1) is 14.6. The van der Waals surface area contributed by atoms with Crippen molar-refractivity contribution in [1.29, 1.82) is 0 Å². The number of hydrogen-bond donors (Lipinski definition) is 0. The molecule has 3 rings (SSSR count). The molecule has 0 nitrogen and oxygen atoms in total. The molecule has 3 aromatic rings. The van der Waals surface area contributed by atoms with Gasteiger partial charge in [0.15, 0.2) is 0 Å². The smallest absolute Gasteiger partial charge is 0.00948 e. The summed E-state index contributed by atoms with van der Waals surface area (Å²) in [5.74, 6) is 2.29. The Morgan fingerprint density at radius 2 is 0.833 bits per heavy atom. The van der Waals surface area contributed by atoms with Gasteiger partial charge in [-0.2, -0.15) is 0 Å². The van der Waals surface area contributed by atoms with Gasteiger partial charge in [0.2, 0.25) is 0 Å². The summed E-state index contributed by atoms with van der Waals surface area (Å²) in [6.45, 7) is 9.42. The first kappa shape index (κ1) is 22.3. The number of hydrogen-bond acceptors (Lipinski definition) is 0. The fourth-order valence-electron chi connectivity index (χ4n) is 4.54. The second-order valence-corrected chi connectivity index (χ2v) is 9.05. The van der Waals surface area contributed by atoms with E-state index in [0.717, 1.165) is 0 Å². The van der Waals surface area contributed by atoms with E-state index in [9.17, 15) is 0 Å². The molecule has 0 saturated carbocycles. The molecule has 0 amide bonds. The predicted octanol–water partition coefficient (Wildman–Crippen LogP) is 8.82. The van der Waals surface area contributed by atoms with Crippen LogP contribution in [0.4, 0.5) is 0 Å². The molecule has 3 aromatic carbocycles. The third kappa shape index (κ3) is 5.63. The minimum absolute atomic E-state index is 0.445. The van der Waals surface area contributed by atoms with E-state index in [-0.39, 0.29) is 0 Å². The molecular weight excluding hydrogens is 360 g/mol. The van der Waals surface area contributed by atoms with Gasteiger partial charge in [0.25, 0.3) is 0 Å². The van der Waals surface area contributed by atoms with Crippen LogP contribution in [0.25, 0.3) is 0 Å². The monoisotopic (exact) mass is 398 g/mol. The van der Waals surface area contributed by atoms with Gasteiger partial charge in [-0.25, -0.2) is 0 Å². The summed E-state index contributed by atoms with van der Waals surface area (Å²) in [5.41, 5.74) is 5.92. The second kappa shape index (κ2) is 11.2. The van der Waals surface area contributed by atoms with Crippen LogP contribution in [0.3, 0.4) is 0 Å². The van der Waals surface area contributed by atoms with Crippen LogP contribution in [0.5, 0.6) is 0 Å². The van der Waals surface area contributed by atoms with Crippen molar-refractivity contribution in [1.82, 2.24) is 0 Å². The highest BCUT2D eigenvalue weighted by Crippen LogP contribution is 2.40. The van der Waals surface area contributed by atoms with Crippen molar-refractivity contribution in [2.24, 2.45) is 11.8 Å². The molecule has 4 unspecified atom stereocenters. The van der Waals surface area contributed by atoms with Crippen LogP contribution in [0, 0.1) is 11.8 Å². The third-order valence-corrected chi connectivity index (χ3v) is 6.82. The number of benzene rings is 3. The minimum atomic E-state index is 0.445. The Morgan fingerprint density at radius 3 is 1.17 bits per heavy atom. The van der Waals surface area contributed by atoms with Crippen molar-refractivity contribution in [2.75, 3.05) is 0 Å². The lowest BCUT2D eigenvalue weighted by Gasteiger charge is -2.29. The lowest BCUT2D eigenvalue weighted by molar-refractivity contribution is 0.469. The molecule has 0 aliphatic rings. The summed E-state index contributed by atoms with van der Waals surface area (Å²) < 4.78 is 0. The van der Waals surface area contributed by atoms with E-state index in [1.165, 1.54) is 47.9 Å². The molecule has 0 aliphatic heterocycles. The van der Waals surface area contributed by atoms with E-state index in [1.807, 2.05) is 0 Å². The summed E-state index contributed by atoms with van der Waals surface area (Å²) in [6, 6.07) is 31.5. The van der Waals surface area contributed by atoms with Gasteiger partial charge in [-0.3, -0.25) is 0 Å². The minimum Gasteiger partial charge on any atom is -0.0651 e. The van der Waals surface area contributed by atoms with Crippen molar-refractivity contribution in [3.63, 3.8) is 0 Å². The highest BCUT2D eigenvalue weighted by atomic mass is 14.3. The van der Waals surface area contributed by atoms with Gasteiger partial charge in [0.05, 0.1) is 0 Å². The second-order valence-electron chi connectivity index (χ2n) is 9.05. The Bertz CT molecular complexity index is 790. The maximum absolute atomic E-state index is 2.40. The summed E-state index contributed by atoms with van der Waals surface area (Å²) >= 11 is 0. The quantitative estimate of drug-likeness (QED) is 0.320. The normalized spacial score (nSPS) is 15.3. The Balaban J connectivity index is 2.10. The summed E-state index contributed by atoms with van der Waals surface area (Å²) in [5, 5.41) is 0. The van der Waals surface area contributed by atoms with Crippen molar-refractivity contribution in [2.45, 2.75) is 65.2 Å². The molecule has 158 valence electrons. The van der Waals surface area contributed by atoms with Crippen LogP contribution >= 0.6 is 0 Å². The van der Waals surface area contributed by atoms with E-state index < -0.39 is 0 Å². The predicted molar refractivity (Wildman–Crippen MR) is 131 cm³/mol. The van der Waals surface area contributed by atoms with Gasteiger partial charge in [-0.05, 0) is 46.9 Å². The summed E-state index contributed by atoms with van der Waals surface area (Å²) in [6.07, 6.45) is 4.84. The van der Waals surface area contributed by atoms with Gasteiger partial charge < -0.3 is 0 Å². The topological polar surface area (TPSA) is 0 Å². The zero-order valence-electron chi connectivity index (χ0n) is 19.2. The zero-order chi connectivity index (χ0) is 21.3. The van der Waals surface area contributed by atoms with E-state index in [4.69, 9.17) is 0 Å². The maximum atomic E-state index is 2.40. The van der Waals surface area contributed by atoms with E-state index in [2.05, 4.69) is 113 Å². The fraction of sp³-hybridized carbons (Fsp3) is 0.400. The Hall–Kier alpha value is -2.34. The molecule has 0 bridgehead atoms. The first-order valence-electron chi connectivity index (χ1n) is 11.8. The van der Waals surface area contributed by atoms with Crippen LogP contribution < -0.4 is 0 Å². The van der Waals surface area contributed by atoms with E-state index in [0.29, 0.717) is 23.7 Å². The van der Waals surface area contributed by atoms with E-state index in [1.54, 1.807) is 0 Å². The lowest BCUT2D eigenvalue weighted by atomic mass is 9.75. The molecule has 0 radical (unpaired) electrons. The largest absolute Gasteiger partial charge is 0.0651 e. The molecule has 0 fully saturated rings. The molecule has 0 spiro atoms. The van der Waals surface area contributed by atoms with Gasteiger partial charge in [0.1, 0.15) is 0 Å². The Morgan fingerprint density at radius 1 is 0.500 bits per heavy atom. The highest BCUT2D eigenvalue weighted by Gasteiger charge is 2.25. The van der Waals surface area contributed by atoms with Crippen molar-refractivity contribution >= 4 is 0 Å². The average molecular weight is 399 g/mol. The average Bonchev–Trinajstić information content (AvgIpc) is 2.81. The summed E-state index contributed by atoms with van der Waals surface area (Å²) in [4.78, 5) is 0. The third-order valence-electron chi connectivity index (χ3n) is 6.82. The van der Waals surface area contributed by atoms with Crippen molar-refractivity contribution < 1.29 is 0 Å². The fourth-order valence-corrected chi connectivity index (χ4v) is 4.54. The number of rotatable bonds is 10. The van der Waals surface area contributed by atoms with Crippen LogP contribution in [0.15, 0.2) is 84.9 Å².